The number of methoxy groups -OCH3 is 2. The zero-order valence-electron chi connectivity index (χ0n) is 19.3. The van der Waals surface area contributed by atoms with Crippen molar-refractivity contribution in [2.24, 2.45) is 0 Å². The third-order valence-corrected chi connectivity index (χ3v) is 4.76. The average Bonchev–Trinajstić information content (AvgIpc) is 3.10. The van der Waals surface area contributed by atoms with Crippen LogP contribution in [0.15, 0.2) is 0 Å². The fourth-order valence-corrected chi connectivity index (χ4v) is 3.47. The van der Waals surface area contributed by atoms with Gasteiger partial charge in [-0.1, -0.05) is 0 Å². The van der Waals surface area contributed by atoms with Gasteiger partial charge in [-0.3, -0.25) is 9.59 Å². The Morgan fingerprint density at radius 1 is 1.10 bits per heavy atom. The van der Waals surface area contributed by atoms with Crippen LogP contribution in [0, 0.1) is 0 Å². The topological polar surface area (TPSA) is 131 Å². The molecular weight excluding hydrogens is 412 g/mol. The second-order valence-corrected chi connectivity index (χ2v) is 9.03. The van der Waals surface area contributed by atoms with Crippen LogP contribution in [-0.4, -0.2) is 80.3 Å². The highest BCUT2D eigenvalue weighted by atomic mass is 16.8. The molecule has 0 aromatic carbocycles. The second-order valence-electron chi connectivity index (χ2n) is 9.03. The molecule has 0 bridgehead atoms. The van der Waals surface area contributed by atoms with Gasteiger partial charge in [0.2, 0.25) is 5.91 Å². The van der Waals surface area contributed by atoms with Crippen molar-refractivity contribution in [1.29, 1.82) is 0 Å². The Kier molecular flexibility index (Phi) is 7.90. The van der Waals surface area contributed by atoms with E-state index in [2.05, 4.69) is 10.6 Å². The minimum Gasteiger partial charge on any atom is -0.469 e. The third kappa shape index (κ3) is 6.76. The Bertz CT molecular complexity index is 676. The zero-order chi connectivity index (χ0) is 23.6. The van der Waals surface area contributed by atoms with Crippen molar-refractivity contribution in [1.82, 2.24) is 10.6 Å². The van der Waals surface area contributed by atoms with E-state index in [1.807, 2.05) is 0 Å². The second kappa shape index (κ2) is 9.68. The number of carbonyl (C=O) groups is 3. The molecule has 0 unspecified atom stereocenters. The Morgan fingerprint density at radius 2 is 1.74 bits per heavy atom. The minimum absolute atomic E-state index is 0.172. The number of alkyl carbamates (subject to hydrolysis) is 1. The lowest BCUT2D eigenvalue weighted by Crippen LogP contribution is -2.55. The number of esters is 1. The summed E-state index contributed by atoms with van der Waals surface area (Å²) in [7, 11) is 2.74. The van der Waals surface area contributed by atoms with E-state index in [4.69, 9.17) is 28.4 Å². The lowest BCUT2D eigenvalue weighted by molar-refractivity contribution is -0.220. The van der Waals surface area contributed by atoms with Gasteiger partial charge in [-0.2, -0.15) is 0 Å². The molecule has 0 aliphatic carbocycles. The lowest BCUT2D eigenvalue weighted by Gasteiger charge is -2.31. The standard InChI is InChI=1S/C20H34N2O9/c1-10(21-18(25)31-19(2,3)4)16(24)22-11(9-12(23)26-7)13-14(27-8)15-17(28-13)30-20(5,6)29-15/h10-11,13-15,17H,9H2,1-8H3,(H,21,25)(H,22,24)/t10-,11+,13+,14-,15+,17+/m0/s1. The number of ether oxygens (including phenoxy) is 6. The van der Waals surface area contributed by atoms with Crippen LogP contribution in [0.5, 0.6) is 0 Å². The van der Waals surface area contributed by atoms with Crippen LogP contribution in [0.2, 0.25) is 0 Å². The number of carbonyl (C=O) groups excluding carboxylic acids is 3. The number of hydrogen-bond acceptors (Lipinski definition) is 9. The van der Waals surface area contributed by atoms with Gasteiger partial charge in [0.1, 0.15) is 30.0 Å². The largest absolute Gasteiger partial charge is 0.469 e. The maximum atomic E-state index is 12.7. The van der Waals surface area contributed by atoms with Crippen molar-refractivity contribution in [3.63, 3.8) is 0 Å². The first-order chi connectivity index (χ1) is 14.3. The molecular formula is C20H34N2O9. The molecule has 2 heterocycles. The fourth-order valence-electron chi connectivity index (χ4n) is 3.47. The SMILES string of the molecule is COC(=O)C[C@@H](NC(=O)[C@H](C)NC(=O)OC(C)(C)C)[C@H]1O[C@@H]2OC(C)(C)O[C@@H]2[C@H]1OC. The predicted molar refractivity (Wildman–Crippen MR) is 107 cm³/mol. The molecule has 2 aliphatic rings. The molecule has 178 valence electrons. The molecule has 2 fully saturated rings. The average molecular weight is 446 g/mol. The molecule has 31 heavy (non-hydrogen) atoms. The molecule has 2 aliphatic heterocycles. The summed E-state index contributed by atoms with van der Waals surface area (Å²) in [6.07, 6.45) is -3.48. The summed E-state index contributed by atoms with van der Waals surface area (Å²) in [5, 5.41) is 5.20. The molecule has 0 saturated carbocycles. The van der Waals surface area contributed by atoms with E-state index < -0.39 is 66.0 Å². The number of amides is 2. The van der Waals surface area contributed by atoms with E-state index in [1.165, 1.54) is 21.1 Å². The smallest absolute Gasteiger partial charge is 0.408 e. The molecule has 0 aromatic heterocycles. The molecule has 0 aromatic rings. The summed E-state index contributed by atoms with van der Waals surface area (Å²) in [4.78, 5) is 36.7. The Hall–Kier alpha value is -1.95. The van der Waals surface area contributed by atoms with Crippen molar-refractivity contribution in [3.8, 4) is 0 Å². The van der Waals surface area contributed by atoms with E-state index in [1.54, 1.807) is 34.6 Å². The normalized spacial score (nSPS) is 28.9. The van der Waals surface area contributed by atoms with E-state index >= 15 is 0 Å². The summed E-state index contributed by atoms with van der Waals surface area (Å²) in [6.45, 7) is 10.2. The predicted octanol–water partition coefficient (Wildman–Crippen LogP) is 0.839. The summed E-state index contributed by atoms with van der Waals surface area (Å²) in [5.41, 5.74) is -0.706. The molecule has 0 spiro atoms. The Morgan fingerprint density at radius 3 is 2.29 bits per heavy atom. The summed E-state index contributed by atoms with van der Waals surface area (Å²) in [5.74, 6) is -1.92. The molecule has 11 nitrogen and oxygen atoms in total. The molecule has 2 amide bonds. The summed E-state index contributed by atoms with van der Waals surface area (Å²) in [6, 6.07) is -1.74. The molecule has 6 atom stereocenters. The highest BCUT2D eigenvalue weighted by Gasteiger charge is 2.57. The van der Waals surface area contributed by atoms with Gasteiger partial charge >= 0.3 is 12.1 Å². The Labute approximate surface area is 182 Å². The first kappa shape index (κ1) is 25.3. The van der Waals surface area contributed by atoms with Crippen molar-refractivity contribution in [3.05, 3.63) is 0 Å². The van der Waals surface area contributed by atoms with E-state index in [0.29, 0.717) is 0 Å². The van der Waals surface area contributed by atoms with Crippen LogP contribution in [0.25, 0.3) is 0 Å². The van der Waals surface area contributed by atoms with E-state index in [9.17, 15) is 14.4 Å². The number of fused-ring (bicyclic) bond motifs is 1. The molecule has 0 radical (unpaired) electrons. The lowest BCUT2D eigenvalue weighted by atomic mass is 10.00. The molecule has 2 rings (SSSR count). The fraction of sp³-hybridized carbons (Fsp3) is 0.850. The molecule has 2 saturated heterocycles. The van der Waals surface area contributed by atoms with Crippen LogP contribution in [-0.2, 0) is 38.0 Å². The van der Waals surface area contributed by atoms with Gasteiger partial charge in [0, 0.05) is 7.11 Å². The van der Waals surface area contributed by atoms with E-state index in [-0.39, 0.29) is 6.42 Å². The van der Waals surface area contributed by atoms with Crippen molar-refractivity contribution >= 4 is 18.0 Å². The van der Waals surface area contributed by atoms with Crippen LogP contribution >= 0.6 is 0 Å². The summed E-state index contributed by atoms with van der Waals surface area (Å²) < 4.78 is 33.1. The van der Waals surface area contributed by atoms with Gasteiger partial charge in [0.05, 0.1) is 19.6 Å². The van der Waals surface area contributed by atoms with Gasteiger partial charge in [-0.15, -0.1) is 0 Å². The van der Waals surface area contributed by atoms with E-state index in [0.717, 1.165) is 0 Å². The quantitative estimate of drug-likeness (QED) is 0.546. The third-order valence-electron chi connectivity index (χ3n) is 4.76. The first-order valence-corrected chi connectivity index (χ1v) is 10.2. The highest BCUT2D eigenvalue weighted by molar-refractivity contribution is 5.86. The number of nitrogens with one attached hydrogen (secondary N) is 2. The van der Waals surface area contributed by atoms with Gasteiger partial charge in [-0.25, -0.2) is 4.79 Å². The maximum Gasteiger partial charge on any atom is 0.408 e. The first-order valence-electron chi connectivity index (χ1n) is 10.2. The van der Waals surface area contributed by atoms with Crippen molar-refractivity contribution < 1.29 is 42.8 Å². The van der Waals surface area contributed by atoms with Crippen LogP contribution in [0.4, 0.5) is 4.79 Å². The number of hydrogen-bond donors (Lipinski definition) is 2. The van der Waals surface area contributed by atoms with Crippen LogP contribution in [0.1, 0.15) is 48.0 Å². The van der Waals surface area contributed by atoms with Gasteiger partial charge in [0.25, 0.3) is 0 Å². The Balaban J connectivity index is 2.09. The van der Waals surface area contributed by atoms with Gasteiger partial charge in [0.15, 0.2) is 12.1 Å². The van der Waals surface area contributed by atoms with Crippen molar-refractivity contribution in [2.45, 2.75) is 96.0 Å². The minimum atomic E-state index is -0.927. The van der Waals surface area contributed by atoms with Gasteiger partial charge in [-0.05, 0) is 41.5 Å². The van der Waals surface area contributed by atoms with Crippen LogP contribution < -0.4 is 10.6 Å². The van der Waals surface area contributed by atoms with Crippen LogP contribution in [0.3, 0.4) is 0 Å². The molecule has 11 heteroatoms. The zero-order valence-corrected chi connectivity index (χ0v) is 19.3. The maximum absolute atomic E-state index is 12.7. The molecule has 2 N–H and O–H groups in total. The monoisotopic (exact) mass is 446 g/mol. The van der Waals surface area contributed by atoms with Gasteiger partial charge < -0.3 is 39.1 Å². The van der Waals surface area contributed by atoms with Crippen molar-refractivity contribution in [2.75, 3.05) is 14.2 Å². The number of rotatable bonds is 7. The highest BCUT2D eigenvalue weighted by Crippen LogP contribution is 2.39. The summed E-state index contributed by atoms with van der Waals surface area (Å²) >= 11 is 0.